The molecular weight excluding hydrogens is 240 g/mol. The highest BCUT2D eigenvalue weighted by Gasteiger charge is 2.25. The van der Waals surface area contributed by atoms with Crippen LogP contribution in [0.4, 0.5) is 11.6 Å². The third kappa shape index (κ3) is 3.15. The lowest BCUT2D eigenvalue weighted by atomic mass is 9.96. The molecule has 2 rings (SSSR count). The van der Waals surface area contributed by atoms with Gasteiger partial charge in [-0.2, -0.15) is 0 Å². The Kier molecular flexibility index (Phi) is 4.24. The molecule has 2 atom stereocenters. The molecule has 1 fully saturated rings. The van der Waals surface area contributed by atoms with Crippen LogP contribution in [0.5, 0.6) is 0 Å². The second-order valence-corrected chi connectivity index (χ2v) is 5.65. The molecule has 106 valence electrons. The van der Waals surface area contributed by atoms with Crippen LogP contribution in [-0.4, -0.2) is 41.3 Å². The lowest BCUT2D eigenvalue weighted by molar-refractivity contribution is 0.102. The van der Waals surface area contributed by atoms with Crippen LogP contribution in [0.15, 0.2) is 6.07 Å². The topological polar surface area (TPSA) is 61.3 Å². The zero-order valence-electron chi connectivity index (χ0n) is 12.2. The van der Waals surface area contributed by atoms with Gasteiger partial charge in [0.05, 0.1) is 6.10 Å². The summed E-state index contributed by atoms with van der Waals surface area (Å²) in [5, 5.41) is 13.1. The molecule has 2 unspecified atom stereocenters. The van der Waals surface area contributed by atoms with Gasteiger partial charge in [0, 0.05) is 32.1 Å². The number of anilines is 2. The van der Waals surface area contributed by atoms with E-state index in [0.29, 0.717) is 18.4 Å². The van der Waals surface area contributed by atoms with E-state index >= 15 is 0 Å². The van der Waals surface area contributed by atoms with E-state index in [1.807, 2.05) is 13.1 Å². The van der Waals surface area contributed by atoms with Crippen LogP contribution in [-0.2, 0) is 0 Å². The SMILES string of the molecule is CNc1cc(N2CCC(C)C(O)C2)nc(C(C)C)n1. The molecule has 19 heavy (non-hydrogen) atoms. The maximum atomic E-state index is 10.0. The number of aliphatic hydroxyl groups is 1. The molecule has 1 aromatic rings. The second kappa shape index (κ2) is 5.74. The molecule has 0 aliphatic carbocycles. The first-order chi connectivity index (χ1) is 9.01. The van der Waals surface area contributed by atoms with E-state index in [1.165, 1.54) is 0 Å². The number of nitrogens with zero attached hydrogens (tertiary/aromatic N) is 3. The van der Waals surface area contributed by atoms with Gasteiger partial charge in [-0.1, -0.05) is 20.8 Å². The van der Waals surface area contributed by atoms with Crippen LogP contribution in [0.3, 0.4) is 0 Å². The summed E-state index contributed by atoms with van der Waals surface area (Å²) < 4.78 is 0. The summed E-state index contributed by atoms with van der Waals surface area (Å²) in [7, 11) is 1.86. The van der Waals surface area contributed by atoms with Crippen molar-refractivity contribution in [2.24, 2.45) is 5.92 Å². The number of aliphatic hydroxyl groups excluding tert-OH is 1. The fourth-order valence-corrected chi connectivity index (χ4v) is 2.26. The van der Waals surface area contributed by atoms with Gasteiger partial charge in [0.25, 0.3) is 0 Å². The summed E-state index contributed by atoms with van der Waals surface area (Å²) in [4.78, 5) is 11.2. The maximum absolute atomic E-state index is 10.0. The van der Waals surface area contributed by atoms with Crippen LogP contribution in [0, 0.1) is 5.92 Å². The molecule has 1 aliphatic heterocycles. The smallest absolute Gasteiger partial charge is 0.135 e. The molecule has 5 nitrogen and oxygen atoms in total. The van der Waals surface area contributed by atoms with Crippen molar-refractivity contribution < 1.29 is 5.11 Å². The van der Waals surface area contributed by atoms with Crippen molar-refractivity contribution in [2.45, 2.75) is 39.2 Å². The van der Waals surface area contributed by atoms with Gasteiger partial charge in [0.15, 0.2) is 0 Å². The third-order valence-electron chi connectivity index (χ3n) is 3.75. The minimum Gasteiger partial charge on any atom is -0.391 e. The molecule has 0 spiro atoms. The van der Waals surface area contributed by atoms with E-state index in [9.17, 15) is 5.11 Å². The molecule has 2 heterocycles. The fourth-order valence-electron chi connectivity index (χ4n) is 2.26. The highest BCUT2D eigenvalue weighted by molar-refractivity contribution is 5.49. The molecule has 0 saturated carbocycles. The fraction of sp³-hybridized carbons (Fsp3) is 0.714. The molecule has 0 aromatic carbocycles. The van der Waals surface area contributed by atoms with Gasteiger partial charge in [-0.15, -0.1) is 0 Å². The monoisotopic (exact) mass is 264 g/mol. The van der Waals surface area contributed by atoms with Crippen molar-refractivity contribution in [1.82, 2.24) is 9.97 Å². The quantitative estimate of drug-likeness (QED) is 0.872. The number of β-amino-alcohol motifs (C(OH)–C–C–N with tert-alkyl or cyclic N) is 1. The number of hydrogen-bond acceptors (Lipinski definition) is 5. The largest absolute Gasteiger partial charge is 0.391 e. The third-order valence-corrected chi connectivity index (χ3v) is 3.75. The van der Waals surface area contributed by atoms with E-state index in [2.05, 4.69) is 41.0 Å². The highest BCUT2D eigenvalue weighted by atomic mass is 16.3. The number of aromatic nitrogens is 2. The number of nitrogens with one attached hydrogen (secondary N) is 1. The number of piperidine rings is 1. The van der Waals surface area contributed by atoms with E-state index in [1.54, 1.807) is 0 Å². The average Bonchev–Trinajstić information content (AvgIpc) is 2.41. The van der Waals surface area contributed by atoms with Crippen molar-refractivity contribution in [3.63, 3.8) is 0 Å². The Hall–Kier alpha value is -1.36. The Bertz CT molecular complexity index is 435. The Balaban J connectivity index is 2.26. The molecule has 1 saturated heterocycles. The zero-order chi connectivity index (χ0) is 14.0. The number of hydrogen-bond donors (Lipinski definition) is 2. The van der Waals surface area contributed by atoms with E-state index < -0.39 is 0 Å². The lowest BCUT2D eigenvalue weighted by Crippen LogP contribution is -2.43. The van der Waals surface area contributed by atoms with Crippen LogP contribution in [0.1, 0.15) is 38.9 Å². The van der Waals surface area contributed by atoms with Crippen molar-refractivity contribution in [3.8, 4) is 0 Å². The Morgan fingerprint density at radius 1 is 1.42 bits per heavy atom. The van der Waals surface area contributed by atoms with Crippen LogP contribution in [0.2, 0.25) is 0 Å². The van der Waals surface area contributed by atoms with Gasteiger partial charge in [-0.05, 0) is 12.3 Å². The molecule has 0 amide bonds. The Labute approximate surface area is 115 Å². The van der Waals surface area contributed by atoms with E-state index in [0.717, 1.165) is 30.4 Å². The summed E-state index contributed by atoms with van der Waals surface area (Å²) >= 11 is 0. The Morgan fingerprint density at radius 3 is 2.74 bits per heavy atom. The minimum atomic E-state index is -0.274. The predicted octanol–water partition coefficient (Wildman–Crippen LogP) is 1.85. The minimum absolute atomic E-state index is 0.274. The lowest BCUT2D eigenvalue weighted by Gasteiger charge is -2.35. The molecule has 5 heteroatoms. The molecule has 0 radical (unpaired) electrons. The van der Waals surface area contributed by atoms with Gasteiger partial charge in [0.2, 0.25) is 0 Å². The van der Waals surface area contributed by atoms with Gasteiger partial charge < -0.3 is 15.3 Å². The van der Waals surface area contributed by atoms with Crippen molar-refractivity contribution in [1.29, 1.82) is 0 Å². The van der Waals surface area contributed by atoms with E-state index in [-0.39, 0.29) is 6.10 Å². The average molecular weight is 264 g/mol. The molecule has 1 aliphatic rings. The molecule has 1 aromatic heterocycles. The summed E-state index contributed by atoms with van der Waals surface area (Å²) in [6.07, 6.45) is 0.723. The van der Waals surface area contributed by atoms with Gasteiger partial charge in [-0.3, -0.25) is 0 Å². The first kappa shape index (κ1) is 14.1. The van der Waals surface area contributed by atoms with Crippen LogP contribution < -0.4 is 10.2 Å². The maximum Gasteiger partial charge on any atom is 0.135 e. The summed E-state index contributed by atoms with van der Waals surface area (Å²) in [5.74, 6) is 3.25. The summed E-state index contributed by atoms with van der Waals surface area (Å²) in [6.45, 7) is 7.87. The highest BCUT2D eigenvalue weighted by Crippen LogP contribution is 2.25. The standard InChI is InChI=1S/C14H24N4O/c1-9(2)14-16-12(15-4)7-13(17-14)18-6-5-10(3)11(19)8-18/h7,9-11,19H,5-6,8H2,1-4H3,(H,15,16,17). The zero-order valence-corrected chi connectivity index (χ0v) is 12.2. The van der Waals surface area contributed by atoms with E-state index in [4.69, 9.17) is 0 Å². The van der Waals surface area contributed by atoms with Crippen LogP contribution in [0.25, 0.3) is 0 Å². The van der Waals surface area contributed by atoms with Crippen LogP contribution >= 0.6 is 0 Å². The normalized spacial score (nSPS) is 23.8. The van der Waals surface area contributed by atoms with Crippen molar-refractivity contribution in [3.05, 3.63) is 11.9 Å². The first-order valence-corrected chi connectivity index (χ1v) is 7.01. The van der Waals surface area contributed by atoms with Crippen molar-refractivity contribution >= 4 is 11.6 Å². The molecule has 0 bridgehead atoms. The van der Waals surface area contributed by atoms with Gasteiger partial charge in [-0.25, -0.2) is 9.97 Å². The number of rotatable bonds is 3. The Morgan fingerprint density at radius 2 is 2.16 bits per heavy atom. The second-order valence-electron chi connectivity index (χ2n) is 5.65. The molecule has 2 N–H and O–H groups in total. The predicted molar refractivity (Wildman–Crippen MR) is 77.7 cm³/mol. The summed E-state index contributed by atoms with van der Waals surface area (Å²) in [5.41, 5.74) is 0. The van der Waals surface area contributed by atoms with Crippen molar-refractivity contribution in [2.75, 3.05) is 30.4 Å². The first-order valence-electron chi connectivity index (χ1n) is 7.01. The van der Waals surface area contributed by atoms with Gasteiger partial charge >= 0.3 is 0 Å². The molecular formula is C14H24N4O. The summed E-state index contributed by atoms with van der Waals surface area (Å²) in [6, 6.07) is 1.95. The van der Waals surface area contributed by atoms with Gasteiger partial charge in [0.1, 0.15) is 17.5 Å².